The molecule has 0 spiro atoms. The number of benzene rings is 2. The van der Waals surface area contributed by atoms with Crippen molar-refractivity contribution in [2.24, 2.45) is 5.92 Å². The Morgan fingerprint density at radius 2 is 1.92 bits per heavy atom. The van der Waals surface area contributed by atoms with Gasteiger partial charge in [0, 0.05) is 11.6 Å². The molecule has 0 saturated heterocycles. The van der Waals surface area contributed by atoms with Gasteiger partial charge in [-0.05, 0) is 48.6 Å². The number of hydrogen-bond acceptors (Lipinski definition) is 7. The van der Waals surface area contributed by atoms with Gasteiger partial charge in [0.15, 0.2) is 15.1 Å². The van der Waals surface area contributed by atoms with Crippen molar-refractivity contribution in [3.8, 4) is 17.2 Å². The van der Waals surface area contributed by atoms with Crippen LogP contribution in [0.4, 0.5) is 4.39 Å². The Morgan fingerprint density at radius 1 is 1.22 bits per heavy atom. The third-order valence-electron chi connectivity index (χ3n) is 5.57. The molecule has 2 N–H and O–H groups in total. The molecule has 0 aliphatic heterocycles. The van der Waals surface area contributed by atoms with E-state index in [0.29, 0.717) is 21.3 Å². The molecule has 8 nitrogen and oxygen atoms in total. The van der Waals surface area contributed by atoms with Gasteiger partial charge in [0.2, 0.25) is 11.8 Å². The largest absolute Gasteiger partial charge is 0.352 e. The lowest BCUT2D eigenvalue weighted by Crippen LogP contribution is -2.42. The lowest BCUT2D eigenvalue weighted by Gasteiger charge is -2.16. The molecule has 1 aliphatic carbocycles. The number of rotatable bonds is 9. The highest BCUT2D eigenvalue weighted by Crippen LogP contribution is 2.35. The van der Waals surface area contributed by atoms with Crippen molar-refractivity contribution in [1.82, 2.24) is 15.6 Å². The molecule has 1 fully saturated rings. The second kappa shape index (κ2) is 10.3. The molecule has 0 radical (unpaired) electrons. The summed E-state index contributed by atoms with van der Waals surface area (Å²) >= 11 is 0.932. The van der Waals surface area contributed by atoms with E-state index in [0.717, 1.165) is 24.2 Å². The quantitative estimate of drug-likeness (QED) is 0.438. The minimum Gasteiger partial charge on any atom is -0.352 e. The van der Waals surface area contributed by atoms with Gasteiger partial charge in [0.05, 0.1) is 34.1 Å². The van der Waals surface area contributed by atoms with Crippen molar-refractivity contribution in [2.75, 3.05) is 12.3 Å². The van der Waals surface area contributed by atoms with Crippen LogP contribution in [0.2, 0.25) is 0 Å². The lowest BCUT2D eigenvalue weighted by molar-refractivity contribution is -0.126. The summed E-state index contributed by atoms with van der Waals surface area (Å²) in [6, 6.07) is 11.3. The van der Waals surface area contributed by atoms with E-state index < -0.39 is 26.8 Å². The van der Waals surface area contributed by atoms with Crippen LogP contribution in [0.15, 0.2) is 36.4 Å². The number of aromatic nitrogens is 1. The van der Waals surface area contributed by atoms with Gasteiger partial charge in [-0.3, -0.25) is 9.59 Å². The number of carbonyl (C=O) groups excluding carboxylic acids is 2. The van der Waals surface area contributed by atoms with Crippen LogP contribution in [0.5, 0.6) is 0 Å². The van der Waals surface area contributed by atoms with E-state index >= 15 is 0 Å². The maximum Gasteiger partial charge on any atom is 0.245 e. The van der Waals surface area contributed by atoms with E-state index in [1.165, 1.54) is 12.1 Å². The first-order valence-electron chi connectivity index (χ1n) is 11.5. The number of nitrogens with one attached hydrogen (secondary N) is 2. The summed E-state index contributed by atoms with van der Waals surface area (Å²) in [7, 11) is -3.98. The third-order valence-corrected chi connectivity index (χ3v) is 9.09. The Labute approximate surface area is 212 Å². The molecule has 2 amide bonds. The van der Waals surface area contributed by atoms with E-state index in [-0.39, 0.29) is 40.7 Å². The molecule has 36 heavy (non-hydrogen) atoms. The van der Waals surface area contributed by atoms with E-state index in [2.05, 4.69) is 15.6 Å². The highest BCUT2D eigenvalue weighted by molar-refractivity contribution is 7.92. The van der Waals surface area contributed by atoms with Crippen molar-refractivity contribution in [3.05, 3.63) is 52.8 Å². The molecule has 1 aliphatic rings. The Bertz CT molecular complexity index is 1460. The van der Waals surface area contributed by atoms with Crippen molar-refractivity contribution in [2.45, 2.75) is 38.0 Å². The smallest absolute Gasteiger partial charge is 0.245 e. The van der Waals surface area contributed by atoms with Gasteiger partial charge in [-0.2, -0.15) is 5.26 Å². The number of halogens is 1. The van der Waals surface area contributed by atoms with Crippen LogP contribution in [-0.4, -0.2) is 43.6 Å². The van der Waals surface area contributed by atoms with Crippen LogP contribution in [0.1, 0.15) is 42.5 Å². The molecule has 4 rings (SSSR count). The average molecular weight is 529 g/mol. The number of carbonyl (C=O) groups is 2. The zero-order valence-electron chi connectivity index (χ0n) is 19.7. The number of nitrogens with zero attached hydrogens (tertiary/aromatic N) is 2. The average Bonchev–Trinajstić information content (AvgIpc) is 3.53. The summed E-state index contributed by atoms with van der Waals surface area (Å²) in [5.41, 5.74) is 1.56. The maximum absolute atomic E-state index is 15.0. The van der Waals surface area contributed by atoms with Gasteiger partial charge in [0.1, 0.15) is 10.8 Å². The van der Waals surface area contributed by atoms with E-state index in [1.54, 1.807) is 38.1 Å². The zero-order valence-corrected chi connectivity index (χ0v) is 21.4. The summed E-state index contributed by atoms with van der Waals surface area (Å²) < 4.78 is 41.8. The number of hydrogen-bond donors (Lipinski definition) is 2. The molecule has 1 atom stereocenters. The highest BCUT2D eigenvalue weighted by atomic mass is 32.2. The minimum absolute atomic E-state index is 0.0159. The van der Waals surface area contributed by atoms with Crippen molar-refractivity contribution >= 4 is 43.2 Å². The molecule has 0 bridgehead atoms. The lowest BCUT2D eigenvalue weighted by atomic mass is 10.0. The summed E-state index contributed by atoms with van der Waals surface area (Å²) in [6.45, 7) is 3.12. The van der Waals surface area contributed by atoms with Gasteiger partial charge in [-0.25, -0.2) is 17.8 Å². The second-order valence-electron chi connectivity index (χ2n) is 9.20. The Hall–Kier alpha value is -3.36. The molecule has 1 heterocycles. The monoisotopic (exact) mass is 528 g/mol. The first-order valence-corrected chi connectivity index (χ1v) is 14.0. The van der Waals surface area contributed by atoms with Crippen molar-refractivity contribution < 1.29 is 22.4 Å². The molecule has 3 aromatic rings. The van der Waals surface area contributed by atoms with Crippen molar-refractivity contribution in [1.29, 1.82) is 5.26 Å². The molecule has 1 unspecified atom stereocenters. The van der Waals surface area contributed by atoms with Crippen LogP contribution < -0.4 is 10.6 Å². The second-order valence-corrected chi connectivity index (χ2v) is 12.4. The standard InChI is InChI=1S/C25H25FN4O4S2/c1-14(2)13-36(33,34)23(24(32)28-12-22(31)29-17-7-8-17)25-30-20-9-18(19(26)10-21(20)35-25)16-5-3-15(11-27)4-6-16/h3-6,9-10,14,17,23H,7-8,12-13H2,1-2H3,(H,28,32)(H,29,31). The first kappa shape index (κ1) is 25.7. The number of fused-ring (bicyclic) bond motifs is 1. The number of sulfone groups is 1. The SMILES string of the molecule is CC(C)CS(=O)(=O)C(C(=O)NCC(=O)NC1CC1)c1nc2cc(-c3ccc(C#N)cc3)c(F)cc2s1. The molecule has 11 heteroatoms. The van der Waals surface area contributed by atoms with Gasteiger partial charge in [-0.15, -0.1) is 11.3 Å². The fourth-order valence-electron chi connectivity index (χ4n) is 3.78. The summed E-state index contributed by atoms with van der Waals surface area (Å²) in [5, 5.41) is 12.6. The predicted molar refractivity (Wildman–Crippen MR) is 135 cm³/mol. The normalized spacial score (nSPS) is 14.4. The molecule has 1 aromatic heterocycles. The number of amides is 2. The van der Waals surface area contributed by atoms with Gasteiger partial charge in [0.25, 0.3) is 0 Å². The molecule has 1 saturated carbocycles. The van der Waals surface area contributed by atoms with Gasteiger partial charge in [-0.1, -0.05) is 26.0 Å². The molecule has 2 aromatic carbocycles. The third kappa shape index (κ3) is 5.88. The van der Waals surface area contributed by atoms with E-state index in [4.69, 9.17) is 5.26 Å². The highest BCUT2D eigenvalue weighted by Gasteiger charge is 2.37. The van der Waals surface area contributed by atoms with Crippen LogP contribution in [0.25, 0.3) is 21.3 Å². The topological polar surface area (TPSA) is 129 Å². The summed E-state index contributed by atoms with van der Waals surface area (Å²) in [6.07, 6.45) is 1.77. The van der Waals surface area contributed by atoms with E-state index in [9.17, 15) is 22.4 Å². The maximum atomic E-state index is 15.0. The Morgan fingerprint density at radius 3 is 2.53 bits per heavy atom. The van der Waals surface area contributed by atoms with Gasteiger partial charge >= 0.3 is 0 Å². The van der Waals surface area contributed by atoms with Crippen LogP contribution in [-0.2, 0) is 19.4 Å². The summed E-state index contributed by atoms with van der Waals surface area (Å²) in [5.74, 6) is -2.25. The van der Waals surface area contributed by atoms with Crippen LogP contribution in [0, 0.1) is 23.1 Å². The number of nitriles is 1. The molecular formula is C25H25FN4O4S2. The first-order chi connectivity index (χ1) is 17.1. The molecule has 188 valence electrons. The fourth-order valence-corrected chi connectivity index (χ4v) is 7.21. The van der Waals surface area contributed by atoms with Crippen LogP contribution in [0.3, 0.4) is 0 Å². The van der Waals surface area contributed by atoms with Crippen LogP contribution >= 0.6 is 11.3 Å². The van der Waals surface area contributed by atoms with E-state index in [1.807, 2.05) is 6.07 Å². The number of thiazole rings is 1. The zero-order chi connectivity index (χ0) is 26.0. The van der Waals surface area contributed by atoms with Crippen molar-refractivity contribution in [3.63, 3.8) is 0 Å². The summed E-state index contributed by atoms with van der Waals surface area (Å²) in [4.78, 5) is 29.5. The molecular weight excluding hydrogens is 503 g/mol. The predicted octanol–water partition coefficient (Wildman–Crippen LogP) is 3.48. The minimum atomic E-state index is -3.98. The fraction of sp³-hybridized carbons (Fsp3) is 0.360. The Kier molecular flexibility index (Phi) is 7.38. The van der Waals surface area contributed by atoms with Gasteiger partial charge < -0.3 is 10.6 Å². The Balaban J connectivity index is 1.68.